The van der Waals surface area contributed by atoms with Crippen LogP contribution in [0, 0.1) is 0 Å². The van der Waals surface area contributed by atoms with Gasteiger partial charge in [-0.1, -0.05) is 12.1 Å². The molecule has 0 aliphatic heterocycles. The summed E-state index contributed by atoms with van der Waals surface area (Å²) in [5.74, 6) is 0.755. The van der Waals surface area contributed by atoms with E-state index in [1.165, 1.54) is 0 Å². The van der Waals surface area contributed by atoms with Crippen LogP contribution in [-0.2, 0) is 0 Å². The quantitative estimate of drug-likeness (QED) is 0.375. The fourth-order valence-electron chi connectivity index (χ4n) is 2.24. The van der Waals surface area contributed by atoms with Gasteiger partial charge in [-0.15, -0.1) is 20.4 Å². The van der Waals surface area contributed by atoms with Gasteiger partial charge in [0.1, 0.15) is 0 Å². The predicted octanol–water partition coefficient (Wildman–Crippen LogP) is -1.58. The number of H-pyrrole nitrogens is 2. The van der Waals surface area contributed by atoms with Crippen LogP contribution in [0.1, 0.15) is 11.8 Å². The first kappa shape index (κ1) is 17.9. The van der Waals surface area contributed by atoms with E-state index in [1.54, 1.807) is 48.5 Å². The Morgan fingerprint density at radius 3 is 1.77 bits per heavy atom. The number of benzene rings is 2. The van der Waals surface area contributed by atoms with Gasteiger partial charge in [0, 0.05) is 22.4 Å². The van der Waals surface area contributed by atoms with Crippen molar-refractivity contribution in [3.63, 3.8) is 0 Å². The zero-order chi connectivity index (χ0) is 17.1. The van der Waals surface area contributed by atoms with Crippen molar-refractivity contribution in [3.8, 4) is 22.8 Å². The Bertz CT molecular complexity index is 973. The number of nitrogens with zero attached hydrogens (tertiary/aromatic N) is 6. The molecule has 2 aromatic carbocycles. The summed E-state index contributed by atoms with van der Waals surface area (Å²) < 4.78 is 0. The molecule has 10 nitrogen and oxygen atoms in total. The standard InChI is InChI=1S/C15H11N9O.Na.H/c25-15(11-3-1-9(2-4-11)13-17-21-22-18-13)16-12-7-5-10(6-8-12)14-19-23-24-20-14;;/h1-8H,(H,16,25)(H,17,18,21,22)(H,19,20,23,24);;/q;+1;-1. The van der Waals surface area contributed by atoms with E-state index in [0.29, 0.717) is 22.9 Å². The molecule has 4 aromatic rings. The molecule has 11 heteroatoms. The zero-order valence-corrected chi connectivity index (χ0v) is 15.7. The molecule has 26 heavy (non-hydrogen) atoms. The van der Waals surface area contributed by atoms with E-state index >= 15 is 0 Å². The van der Waals surface area contributed by atoms with Gasteiger partial charge in [-0.25, -0.2) is 0 Å². The summed E-state index contributed by atoms with van der Waals surface area (Å²) in [6, 6.07) is 14.1. The fraction of sp³-hybridized carbons (Fsp3) is 0. The van der Waals surface area contributed by atoms with E-state index in [-0.39, 0.29) is 36.9 Å². The predicted molar refractivity (Wildman–Crippen MR) is 88.3 cm³/mol. The molecule has 3 N–H and O–H groups in total. The van der Waals surface area contributed by atoms with E-state index in [2.05, 4.69) is 46.6 Å². The molecule has 4 rings (SSSR count). The van der Waals surface area contributed by atoms with E-state index in [1.807, 2.05) is 0 Å². The topological polar surface area (TPSA) is 138 Å². The largest absolute Gasteiger partial charge is 1.00 e. The zero-order valence-electron chi connectivity index (χ0n) is 14.7. The van der Waals surface area contributed by atoms with Gasteiger partial charge in [-0.05, 0) is 46.8 Å². The first-order valence-electron chi connectivity index (χ1n) is 7.29. The van der Waals surface area contributed by atoms with Crippen molar-refractivity contribution in [2.24, 2.45) is 0 Å². The average molecular weight is 357 g/mol. The van der Waals surface area contributed by atoms with Crippen LogP contribution in [0.4, 0.5) is 5.69 Å². The van der Waals surface area contributed by atoms with Crippen molar-refractivity contribution < 1.29 is 35.8 Å². The minimum Gasteiger partial charge on any atom is -1.00 e. The minimum absolute atomic E-state index is 0. The number of anilines is 1. The summed E-state index contributed by atoms with van der Waals surface area (Å²) in [7, 11) is 0. The maximum Gasteiger partial charge on any atom is 1.00 e. The van der Waals surface area contributed by atoms with Gasteiger partial charge in [-0.2, -0.15) is 10.4 Å². The van der Waals surface area contributed by atoms with Gasteiger partial charge in [-0.3, -0.25) is 4.79 Å². The molecule has 0 fully saturated rings. The molecule has 0 spiro atoms. The molecule has 0 aliphatic rings. The van der Waals surface area contributed by atoms with Gasteiger partial charge in [0.05, 0.1) is 0 Å². The van der Waals surface area contributed by atoms with Crippen LogP contribution < -0.4 is 34.9 Å². The van der Waals surface area contributed by atoms with E-state index < -0.39 is 0 Å². The van der Waals surface area contributed by atoms with E-state index in [9.17, 15) is 4.79 Å². The number of aromatic amines is 2. The van der Waals surface area contributed by atoms with Crippen LogP contribution in [0.15, 0.2) is 48.5 Å². The summed E-state index contributed by atoms with van der Waals surface area (Å²) in [6.45, 7) is 0. The molecule has 0 radical (unpaired) electrons. The number of carbonyl (C=O) groups is 1. The first-order valence-corrected chi connectivity index (χ1v) is 7.29. The number of carbonyl (C=O) groups excluding carboxylic acids is 1. The second kappa shape index (κ2) is 7.95. The van der Waals surface area contributed by atoms with Gasteiger partial charge < -0.3 is 6.74 Å². The average Bonchev–Trinajstić information content (AvgIpc) is 3.36. The van der Waals surface area contributed by atoms with E-state index in [4.69, 9.17) is 0 Å². The SMILES string of the molecule is O=C(Nc1ccc(-c2nn[nH]n2)cc1)c1ccc(-c2nn[nH]n2)cc1.[H-].[Na+]. The summed E-state index contributed by atoms with van der Waals surface area (Å²) in [5.41, 5.74) is 2.76. The van der Waals surface area contributed by atoms with Gasteiger partial charge in [0.25, 0.3) is 5.91 Å². The smallest absolute Gasteiger partial charge is 1.00 e. The molecule has 0 bridgehead atoms. The van der Waals surface area contributed by atoms with Gasteiger partial charge >= 0.3 is 29.6 Å². The van der Waals surface area contributed by atoms with Crippen molar-refractivity contribution in [1.82, 2.24) is 41.2 Å². The van der Waals surface area contributed by atoms with E-state index in [0.717, 1.165) is 11.1 Å². The number of nitrogens with one attached hydrogen (secondary N) is 3. The molecule has 0 aliphatic carbocycles. The normalized spacial score (nSPS) is 10.2. The number of aromatic nitrogens is 8. The maximum absolute atomic E-state index is 12.3. The van der Waals surface area contributed by atoms with Gasteiger partial charge in [0.15, 0.2) is 0 Å². The summed E-state index contributed by atoms with van der Waals surface area (Å²) in [4.78, 5) is 12.3. The van der Waals surface area contributed by atoms with Crippen LogP contribution >= 0.6 is 0 Å². The number of hydrogen-bond donors (Lipinski definition) is 3. The Kier molecular flexibility index (Phi) is 5.46. The Balaban J connectivity index is 0.00000131. The van der Waals surface area contributed by atoms with Crippen molar-refractivity contribution >= 4 is 11.6 Å². The molecular weight excluding hydrogens is 345 g/mol. The molecule has 2 heterocycles. The third-order valence-electron chi connectivity index (χ3n) is 3.50. The molecular formula is C15H12N9NaO. The summed E-state index contributed by atoms with van der Waals surface area (Å²) in [6.07, 6.45) is 0. The number of amides is 1. The van der Waals surface area contributed by atoms with Crippen LogP contribution in [0.25, 0.3) is 22.8 Å². The van der Waals surface area contributed by atoms with Crippen LogP contribution in [0.2, 0.25) is 0 Å². The second-order valence-electron chi connectivity index (χ2n) is 5.08. The fourth-order valence-corrected chi connectivity index (χ4v) is 2.24. The Labute approximate surface area is 170 Å². The Hall–Kier alpha value is -2.95. The van der Waals surface area contributed by atoms with Gasteiger partial charge in [0.2, 0.25) is 11.6 Å². The second-order valence-corrected chi connectivity index (χ2v) is 5.08. The van der Waals surface area contributed by atoms with Crippen LogP contribution in [0.3, 0.4) is 0 Å². The molecule has 0 atom stereocenters. The summed E-state index contributed by atoms with van der Waals surface area (Å²) >= 11 is 0. The Morgan fingerprint density at radius 2 is 1.31 bits per heavy atom. The molecule has 0 saturated carbocycles. The maximum atomic E-state index is 12.3. The molecule has 0 saturated heterocycles. The first-order chi connectivity index (χ1) is 12.3. The minimum atomic E-state index is -0.216. The number of tetrazole rings is 2. The molecule has 124 valence electrons. The van der Waals surface area contributed by atoms with Crippen molar-refractivity contribution in [1.29, 1.82) is 0 Å². The molecule has 0 unspecified atom stereocenters. The van der Waals surface area contributed by atoms with Crippen molar-refractivity contribution in [2.75, 3.05) is 5.32 Å². The number of rotatable bonds is 4. The van der Waals surface area contributed by atoms with Crippen LogP contribution in [-0.4, -0.2) is 47.2 Å². The molecule has 1 amide bonds. The molecule has 2 aromatic heterocycles. The summed E-state index contributed by atoms with van der Waals surface area (Å²) in [5, 5.41) is 30.2. The third-order valence-corrected chi connectivity index (χ3v) is 3.50. The Morgan fingerprint density at radius 1 is 0.808 bits per heavy atom. The number of hydrogen-bond acceptors (Lipinski definition) is 7. The van der Waals surface area contributed by atoms with Crippen molar-refractivity contribution in [3.05, 3.63) is 54.1 Å². The monoisotopic (exact) mass is 357 g/mol. The van der Waals surface area contributed by atoms with Crippen molar-refractivity contribution in [2.45, 2.75) is 0 Å². The van der Waals surface area contributed by atoms with Crippen LogP contribution in [0.5, 0.6) is 0 Å². The third kappa shape index (κ3) is 3.82.